The van der Waals surface area contributed by atoms with Crippen molar-refractivity contribution in [2.45, 2.75) is 17.7 Å². The number of allylic oxidation sites excluding steroid dienone is 1. The zero-order chi connectivity index (χ0) is 13.4. The van der Waals surface area contributed by atoms with E-state index in [4.69, 9.17) is 5.26 Å². The molecule has 1 aromatic carbocycles. The molecule has 0 aliphatic carbocycles. The minimum Gasteiger partial charge on any atom is -0.664 e. The molecule has 19 heavy (non-hydrogen) atoms. The van der Waals surface area contributed by atoms with E-state index in [1.54, 1.807) is 24.3 Å². The number of carbonyl (C=O) groups excluding carboxylic acids is 1. The van der Waals surface area contributed by atoms with Crippen LogP contribution in [0.4, 0.5) is 5.69 Å². The predicted octanol–water partition coefficient (Wildman–Crippen LogP) is -1.21. The van der Waals surface area contributed by atoms with Gasteiger partial charge in [-0.15, -0.1) is 0 Å². The topological polar surface area (TPSA) is 85.2 Å². The Kier molecular flexibility index (Phi) is 9.39. The average Bonchev–Trinajstić information content (AvgIpc) is 2.38. The van der Waals surface area contributed by atoms with Gasteiger partial charge in [0, 0.05) is 23.4 Å². The number of amides is 1. The van der Waals surface area contributed by atoms with E-state index in [0.29, 0.717) is 5.69 Å². The van der Waals surface area contributed by atoms with Crippen LogP contribution in [0.15, 0.2) is 41.5 Å². The van der Waals surface area contributed by atoms with Gasteiger partial charge in [0.15, 0.2) is 0 Å². The molecule has 0 heterocycles. The second-order valence-electron chi connectivity index (χ2n) is 3.39. The first kappa shape index (κ1) is 18.0. The molecular weight excluding hydrogens is 275 g/mol. The Bertz CT molecular complexity index is 471. The van der Waals surface area contributed by atoms with Crippen LogP contribution < -0.4 is 40.1 Å². The van der Waals surface area contributed by atoms with E-state index in [0.717, 1.165) is 16.7 Å². The predicted molar refractivity (Wildman–Crippen MR) is 66.0 cm³/mol. The third-order valence-corrected chi connectivity index (χ3v) is 2.65. The van der Waals surface area contributed by atoms with E-state index in [1.807, 2.05) is 5.40 Å². The van der Waals surface area contributed by atoms with Crippen LogP contribution in [0.5, 0.6) is 0 Å². The summed E-state index contributed by atoms with van der Waals surface area (Å²) in [7, 11) is 0. The fraction of sp³-hybridized carbons (Fsp3) is 0.167. The van der Waals surface area contributed by atoms with Crippen molar-refractivity contribution < 1.29 is 44.5 Å². The van der Waals surface area contributed by atoms with Crippen molar-refractivity contribution in [3.05, 3.63) is 36.6 Å². The van der Waals surface area contributed by atoms with Crippen LogP contribution in [-0.4, -0.2) is 5.91 Å². The van der Waals surface area contributed by atoms with Gasteiger partial charge < -0.3 is 15.5 Å². The molecule has 0 atom stereocenters. The summed E-state index contributed by atoms with van der Waals surface area (Å²) in [5.41, 5.74) is 0.635. The molecule has 0 aromatic heterocycles. The van der Waals surface area contributed by atoms with Gasteiger partial charge in [-0.3, -0.25) is 4.79 Å². The van der Waals surface area contributed by atoms with Crippen LogP contribution in [0.1, 0.15) is 12.8 Å². The van der Waals surface area contributed by atoms with Crippen molar-refractivity contribution in [1.29, 1.82) is 5.26 Å². The number of thioether (sulfide) groups is 1. The third-order valence-electron chi connectivity index (χ3n) is 2.05. The van der Waals surface area contributed by atoms with Crippen LogP contribution >= 0.6 is 11.8 Å². The molecule has 0 bridgehead atoms. The van der Waals surface area contributed by atoms with Gasteiger partial charge >= 0.3 is 29.6 Å². The molecule has 0 aliphatic rings. The molecule has 5 nitrogen and oxygen atoms in total. The van der Waals surface area contributed by atoms with E-state index in [9.17, 15) is 10.1 Å². The molecule has 94 valence electrons. The summed E-state index contributed by atoms with van der Waals surface area (Å²) in [6, 6.07) is 6.89. The summed E-state index contributed by atoms with van der Waals surface area (Å²) in [6.07, 6.45) is 0.327. The smallest absolute Gasteiger partial charge is 0.664 e. The number of nitrogens with zero attached hydrogens (tertiary/aromatic N) is 1. The molecule has 0 saturated carbocycles. The number of thiocyanates is 1. The summed E-state index contributed by atoms with van der Waals surface area (Å²) in [5, 5.41) is 23.0. The van der Waals surface area contributed by atoms with E-state index in [-0.39, 0.29) is 54.1 Å². The molecule has 1 aromatic rings. The Labute approximate surface area is 137 Å². The van der Waals surface area contributed by atoms with Gasteiger partial charge in [-0.2, -0.15) is 5.26 Å². The second kappa shape index (κ2) is 9.89. The largest absolute Gasteiger partial charge is 1.00 e. The number of hydrogen-bond acceptors (Lipinski definition) is 5. The van der Waals surface area contributed by atoms with Crippen LogP contribution in [-0.2, 0) is 9.68 Å². The van der Waals surface area contributed by atoms with Crippen molar-refractivity contribution in [3.8, 4) is 5.40 Å². The van der Waals surface area contributed by atoms with Gasteiger partial charge in [0.05, 0.1) is 5.76 Å². The van der Waals surface area contributed by atoms with Crippen molar-refractivity contribution in [2.75, 3.05) is 5.32 Å². The average molecular weight is 286 g/mol. The summed E-state index contributed by atoms with van der Waals surface area (Å²) >= 11 is 1.05. The SMILES string of the molecule is C=C(CCC(=O)Nc1ccc(SC#N)cc1)O[O-].[Na+]. The summed E-state index contributed by atoms with van der Waals surface area (Å²) < 4.78 is 0. The molecule has 7 heteroatoms. The number of carbonyl (C=O) groups is 1. The minimum absolute atomic E-state index is 0. The fourth-order valence-electron chi connectivity index (χ4n) is 1.18. The van der Waals surface area contributed by atoms with Gasteiger partial charge in [-0.05, 0) is 36.0 Å². The van der Waals surface area contributed by atoms with Crippen LogP contribution in [0, 0.1) is 10.7 Å². The molecule has 0 radical (unpaired) electrons. The zero-order valence-electron chi connectivity index (χ0n) is 10.5. The summed E-state index contributed by atoms with van der Waals surface area (Å²) in [5.74, 6) is -0.195. The zero-order valence-corrected chi connectivity index (χ0v) is 13.3. The maximum absolute atomic E-state index is 11.5. The molecule has 0 spiro atoms. The van der Waals surface area contributed by atoms with Crippen LogP contribution in [0.2, 0.25) is 0 Å². The van der Waals surface area contributed by atoms with E-state index < -0.39 is 0 Å². The van der Waals surface area contributed by atoms with E-state index in [2.05, 4.69) is 16.8 Å². The number of benzene rings is 1. The quantitative estimate of drug-likeness (QED) is 0.177. The Hall–Kier alpha value is -0.970. The standard InChI is InChI=1S/C12H12N2O3S.Na/c1-9(17-16)2-7-12(15)14-10-3-5-11(6-4-10)18-8-13;/h3-6,16H,1-2,7H2,(H,14,15);/q;+1/p-1. The van der Waals surface area contributed by atoms with Crippen molar-refractivity contribution in [2.24, 2.45) is 0 Å². The fourth-order valence-corrected chi connectivity index (χ4v) is 1.55. The Morgan fingerprint density at radius 3 is 2.58 bits per heavy atom. The number of nitriles is 1. The molecule has 0 fully saturated rings. The molecule has 0 unspecified atom stereocenters. The summed E-state index contributed by atoms with van der Waals surface area (Å²) in [4.78, 5) is 15.9. The number of nitrogens with one attached hydrogen (secondary N) is 1. The minimum atomic E-state index is -0.228. The van der Waals surface area contributed by atoms with Crippen LogP contribution in [0.25, 0.3) is 0 Å². The monoisotopic (exact) mass is 286 g/mol. The number of hydrogen-bond donors (Lipinski definition) is 1. The molecular formula is C12H11N2NaO3S. The Morgan fingerprint density at radius 1 is 1.42 bits per heavy atom. The van der Waals surface area contributed by atoms with Gasteiger partial charge in [-0.25, -0.2) is 0 Å². The van der Waals surface area contributed by atoms with Gasteiger partial charge in [0.25, 0.3) is 0 Å². The third kappa shape index (κ3) is 7.25. The number of rotatable bonds is 6. The second-order valence-corrected chi connectivity index (χ2v) is 4.25. The number of anilines is 1. The van der Waals surface area contributed by atoms with E-state index in [1.165, 1.54) is 0 Å². The van der Waals surface area contributed by atoms with Gasteiger partial charge in [0.2, 0.25) is 5.91 Å². The van der Waals surface area contributed by atoms with Crippen molar-refractivity contribution in [1.82, 2.24) is 0 Å². The maximum Gasteiger partial charge on any atom is 1.00 e. The Balaban J connectivity index is 0.00000324. The molecule has 0 aliphatic heterocycles. The van der Waals surface area contributed by atoms with Crippen molar-refractivity contribution >= 4 is 23.4 Å². The maximum atomic E-state index is 11.5. The Morgan fingerprint density at radius 2 is 2.05 bits per heavy atom. The first-order valence-corrected chi connectivity index (χ1v) is 5.91. The molecule has 0 saturated heterocycles. The van der Waals surface area contributed by atoms with Gasteiger partial charge in [-0.1, -0.05) is 6.58 Å². The van der Waals surface area contributed by atoms with Crippen LogP contribution in [0.3, 0.4) is 0 Å². The van der Waals surface area contributed by atoms with E-state index >= 15 is 0 Å². The summed E-state index contributed by atoms with van der Waals surface area (Å²) in [6.45, 7) is 3.34. The van der Waals surface area contributed by atoms with Gasteiger partial charge in [0.1, 0.15) is 5.40 Å². The first-order valence-electron chi connectivity index (χ1n) is 5.09. The first-order chi connectivity index (χ1) is 8.65. The molecule has 1 rings (SSSR count). The normalized spacial score (nSPS) is 8.84. The van der Waals surface area contributed by atoms with Crippen molar-refractivity contribution in [3.63, 3.8) is 0 Å². The molecule has 1 amide bonds. The molecule has 1 N–H and O–H groups in total.